The molecule has 0 saturated carbocycles. The van der Waals surface area contributed by atoms with Crippen molar-refractivity contribution in [2.24, 2.45) is 0 Å². The molecule has 0 aliphatic heterocycles. The zero-order chi connectivity index (χ0) is 54.9. The van der Waals surface area contributed by atoms with Gasteiger partial charge >= 0.3 is 23.9 Å². The molecule has 0 fully saturated rings. The van der Waals surface area contributed by atoms with Gasteiger partial charge in [-0.1, -0.05) is 48.5 Å². The fourth-order valence-electron chi connectivity index (χ4n) is 10.5. The summed E-state index contributed by atoms with van der Waals surface area (Å²) in [6, 6.07) is 27.6. The molecule has 384 valence electrons. The molecule has 9 rings (SSSR count). The Kier molecular flexibility index (Phi) is 12.8. The van der Waals surface area contributed by atoms with Crippen LogP contribution in [0.15, 0.2) is 121 Å². The Morgan fingerprint density at radius 3 is 0.513 bits per heavy atom. The predicted molar refractivity (Wildman–Crippen MR) is 275 cm³/mol. The van der Waals surface area contributed by atoms with Crippen molar-refractivity contribution in [2.75, 3.05) is 0 Å². The van der Waals surface area contributed by atoms with Gasteiger partial charge in [0.2, 0.25) is 0 Å². The molecule has 0 heterocycles. The molecule has 0 unspecified atom stereocenters. The number of carbonyl (C=O) groups is 4. The lowest BCUT2D eigenvalue weighted by Gasteiger charge is -2.31. The number of carboxylic acid groups (broad SMARTS) is 4. The maximum absolute atomic E-state index is 12.4. The third-order valence-corrected chi connectivity index (χ3v) is 14.7. The van der Waals surface area contributed by atoms with E-state index >= 15 is 0 Å². The summed E-state index contributed by atoms with van der Waals surface area (Å²) in [5.74, 6) is -14.4. The molecule has 0 amide bonds. The molecule has 12 N–H and O–H groups in total. The zero-order valence-corrected chi connectivity index (χ0v) is 40.9. The number of hydrogen-bond acceptors (Lipinski definition) is 12. The van der Waals surface area contributed by atoms with Crippen LogP contribution < -0.4 is 0 Å². The molecule has 0 radical (unpaired) electrons. The Morgan fingerprint density at radius 1 is 0.263 bits per heavy atom. The average molecular weight is 1030 g/mol. The van der Waals surface area contributed by atoms with Gasteiger partial charge in [-0.2, -0.15) is 0 Å². The first-order chi connectivity index (χ1) is 36.0. The third-order valence-electron chi connectivity index (χ3n) is 14.7. The standard InChI is InChI=1S/C60H48O16/c1-25-49(61)37-21-38(50(25)62)46(30-7-15-34(16-8-30)58(71)72)40-23-42(54(66)27(3)52(40)64)48(32-11-19-36(20-12-32)60(75)76)44-24-43(55(67)28(4)56(44)68)47(31-9-17-35(18-10-31)59(73)74)41-22-39(51(63)26(2)53(41)65)45(37)29-5-13-33(14-6-29)57(69)70/h5-24,45-48,61-68H,1-4H3,(H,69,70)(H,71,72)(H,73,74)(H,75,76). The van der Waals surface area contributed by atoms with Crippen molar-refractivity contribution in [1.82, 2.24) is 0 Å². The second-order valence-corrected chi connectivity index (χ2v) is 18.9. The molecule has 1 aliphatic rings. The topological polar surface area (TPSA) is 311 Å². The van der Waals surface area contributed by atoms with Crippen LogP contribution in [-0.4, -0.2) is 85.2 Å². The number of aromatic carboxylic acids is 4. The summed E-state index contributed by atoms with van der Waals surface area (Å²) in [5.41, 5.74) is -0.0206. The van der Waals surface area contributed by atoms with E-state index < -0.39 is 93.5 Å². The summed E-state index contributed by atoms with van der Waals surface area (Å²) in [4.78, 5) is 48.8. The molecule has 76 heavy (non-hydrogen) atoms. The molecule has 16 heteroatoms. The number of fused-ring (bicyclic) bond motifs is 8. The first-order valence-corrected chi connectivity index (χ1v) is 23.6. The normalized spacial score (nSPS) is 15.9. The van der Waals surface area contributed by atoms with Gasteiger partial charge in [-0.05, 0) is 123 Å². The SMILES string of the molecule is Cc1c(O)c2cc(c1O)C(c1ccc(C(=O)O)cc1)c1cc(c(O)c(C)c1O)C(c1ccc(C(=O)O)cc1)c1cc(c(O)c(C)c1O)C(c1ccc(C(=O)O)cc1)c1cc(c(O)c(C)c1O)C2c1ccc(C(=O)O)cc1. The van der Waals surface area contributed by atoms with Crippen LogP contribution in [0.2, 0.25) is 0 Å². The second kappa shape index (κ2) is 19.1. The van der Waals surface area contributed by atoms with E-state index in [1.54, 1.807) is 0 Å². The van der Waals surface area contributed by atoms with E-state index in [4.69, 9.17) is 0 Å². The van der Waals surface area contributed by atoms with Gasteiger partial charge in [0.15, 0.2) is 0 Å². The Hall–Kier alpha value is -9.96. The van der Waals surface area contributed by atoms with Gasteiger partial charge in [-0.3, -0.25) is 0 Å². The lowest BCUT2D eigenvalue weighted by Crippen LogP contribution is -2.14. The summed E-state index contributed by atoms with van der Waals surface area (Å²) in [6.45, 7) is 5.61. The van der Waals surface area contributed by atoms with E-state index in [0.29, 0.717) is 0 Å². The van der Waals surface area contributed by atoms with Crippen molar-refractivity contribution in [2.45, 2.75) is 51.4 Å². The van der Waals surface area contributed by atoms with Crippen LogP contribution in [0, 0.1) is 27.7 Å². The van der Waals surface area contributed by atoms with Gasteiger partial charge in [0.1, 0.15) is 46.0 Å². The van der Waals surface area contributed by atoms with E-state index in [2.05, 4.69) is 0 Å². The molecular weight excluding hydrogens is 977 g/mol. The van der Waals surface area contributed by atoms with Crippen molar-refractivity contribution < 1.29 is 80.5 Å². The third kappa shape index (κ3) is 8.40. The van der Waals surface area contributed by atoms with Gasteiger partial charge in [-0.25, -0.2) is 19.2 Å². The number of phenols is 8. The van der Waals surface area contributed by atoms with Crippen molar-refractivity contribution >= 4 is 23.9 Å². The maximum atomic E-state index is 12.4. The van der Waals surface area contributed by atoms with Gasteiger partial charge < -0.3 is 61.3 Å². The number of carboxylic acids is 4. The molecule has 8 aromatic carbocycles. The Bertz CT molecular complexity index is 3120. The summed E-state index contributed by atoms with van der Waals surface area (Å²) in [5, 5.41) is 139. The minimum absolute atomic E-state index is 0.0152. The number of aromatic hydroxyl groups is 8. The molecule has 1 aliphatic carbocycles. The van der Waals surface area contributed by atoms with Crippen molar-refractivity contribution in [3.63, 3.8) is 0 Å². The molecule has 16 nitrogen and oxygen atoms in total. The Morgan fingerprint density at radius 2 is 0.395 bits per heavy atom. The van der Waals surface area contributed by atoms with Crippen molar-refractivity contribution in [3.8, 4) is 46.0 Å². The monoisotopic (exact) mass is 1020 g/mol. The van der Waals surface area contributed by atoms with Crippen LogP contribution in [0.25, 0.3) is 0 Å². The maximum Gasteiger partial charge on any atom is 0.335 e. The highest BCUT2D eigenvalue weighted by Crippen LogP contribution is 2.56. The van der Waals surface area contributed by atoms with Gasteiger partial charge in [-0.15, -0.1) is 0 Å². The summed E-state index contributed by atoms with van der Waals surface area (Å²) >= 11 is 0. The molecular formula is C60H48O16. The van der Waals surface area contributed by atoms with Crippen LogP contribution in [0.1, 0.15) is 154 Å². The summed E-state index contributed by atoms with van der Waals surface area (Å²) in [7, 11) is 0. The summed E-state index contributed by atoms with van der Waals surface area (Å²) < 4.78 is 0. The van der Waals surface area contributed by atoms with Crippen LogP contribution >= 0.6 is 0 Å². The number of hydrogen-bond donors (Lipinski definition) is 12. The average Bonchev–Trinajstić information content (AvgIpc) is 3.41. The largest absolute Gasteiger partial charge is 0.507 e. The highest BCUT2D eigenvalue weighted by atomic mass is 16.4. The molecule has 0 spiro atoms. The fourth-order valence-corrected chi connectivity index (χ4v) is 10.5. The van der Waals surface area contributed by atoms with Crippen LogP contribution in [0.4, 0.5) is 0 Å². The Balaban J connectivity index is 1.53. The second-order valence-electron chi connectivity index (χ2n) is 18.9. The first kappa shape index (κ1) is 51.0. The highest BCUT2D eigenvalue weighted by molar-refractivity contribution is 5.89. The highest BCUT2D eigenvalue weighted by Gasteiger charge is 2.38. The van der Waals surface area contributed by atoms with Crippen LogP contribution in [-0.2, 0) is 0 Å². The quantitative estimate of drug-likeness (QED) is 0.0673. The summed E-state index contributed by atoms with van der Waals surface area (Å²) in [6.07, 6.45) is 0. The number of rotatable bonds is 8. The van der Waals surface area contributed by atoms with E-state index in [9.17, 15) is 80.5 Å². The smallest absolute Gasteiger partial charge is 0.335 e. The van der Waals surface area contributed by atoms with E-state index in [1.165, 1.54) is 149 Å². The molecule has 0 saturated heterocycles. The zero-order valence-electron chi connectivity index (χ0n) is 40.9. The molecule has 0 aromatic heterocycles. The lowest BCUT2D eigenvalue weighted by atomic mass is 9.73. The molecule has 8 aromatic rings. The molecule has 8 bridgehead atoms. The first-order valence-electron chi connectivity index (χ1n) is 23.6. The van der Waals surface area contributed by atoms with Gasteiger partial charge in [0.25, 0.3) is 0 Å². The minimum Gasteiger partial charge on any atom is -0.507 e. The minimum atomic E-state index is -1.33. The van der Waals surface area contributed by atoms with Crippen LogP contribution in [0.3, 0.4) is 0 Å². The lowest BCUT2D eigenvalue weighted by molar-refractivity contribution is 0.0686. The fraction of sp³-hybridized carbons (Fsp3) is 0.133. The van der Waals surface area contributed by atoms with Gasteiger partial charge in [0, 0.05) is 90.4 Å². The van der Waals surface area contributed by atoms with Crippen molar-refractivity contribution in [3.05, 3.63) is 233 Å². The number of benzene rings is 8. The van der Waals surface area contributed by atoms with E-state index in [1.807, 2.05) is 0 Å². The molecule has 0 atom stereocenters. The van der Waals surface area contributed by atoms with Gasteiger partial charge in [0.05, 0.1) is 22.3 Å². The van der Waals surface area contributed by atoms with Crippen LogP contribution in [0.5, 0.6) is 46.0 Å². The van der Waals surface area contributed by atoms with E-state index in [-0.39, 0.29) is 111 Å². The Labute approximate surface area is 432 Å². The van der Waals surface area contributed by atoms with Crippen molar-refractivity contribution in [1.29, 1.82) is 0 Å². The van der Waals surface area contributed by atoms with E-state index in [0.717, 1.165) is 0 Å². The number of phenolic OH excluding ortho intramolecular Hbond substituents is 8. The predicted octanol–water partition coefficient (Wildman–Crippen LogP) is 10.4.